The summed E-state index contributed by atoms with van der Waals surface area (Å²) in [7, 11) is -3.85. The van der Waals surface area contributed by atoms with Crippen LogP contribution in [0.4, 0.5) is 5.69 Å². The second kappa shape index (κ2) is 6.95. The average Bonchev–Trinajstić information content (AvgIpc) is 3.47. The van der Waals surface area contributed by atoms with E-state index in [1.54, 1.807) is 11.8 Å². The number of hydrogen-bond acceptors (Lipinski definition) is 5. The van der Waals surface area contributed by atoms with Gasteiger partial charge < -0.3 is 0 Å². The molecule has 1 unspecified atom stereocenters. The normalized spacial score (nSPS) is 19.1. The zero-order valence-electron chi connectivity index (χ0n) is 14.2. The van der Waals surface area contributed by atoms with Gasteiger partial charge in [0.15, 0.2) is 4.90 Å². The molecule has 3 aromatic carbocycles. The highest BCUT2D eigenvalue weighted by molar-refractivity contribution is 7.99. The highest BCUT2D eigenvalue weighted by Gasteiger charge is 2.46. The summed E-state index contributed by atoms with van der Waals surface area (Å²) < 4.78 is 26.8. The molecule has 1 aliphatic rings. The fourth-order valence-corrected chi connectivity index (χ4v) is 5.88. The van der Waals surface area contributed by atoms with E-state index in [2.05, 4.69) is 6.07 Å². The summed E-state index contributed by atoms with van der Waals surface area (Å²) in [6.07, 6.45) is 0. The van der Waals surface area contributed by atoms with Gasteiger partial charge in [-0.25, -0.2) is 8.42 Å². The zero-order chi connectivity index (χ0) is 19.0. The van der Waals surface area contributed by atoms with Crippen molar-refractivity contribution in [2.24, 2.45) is 0 Å². The van der Waals surface area contributed by atoms with Crippen LogP contribution in [0.5, 0.6) is 0 Å². The van der Waals surface area contributed by atoms with E-state index in [9.17, 15) is 18.5 Å². The van der Waals surface area contributed by atoms with E-state index in [4.69, 9.17) is 0 Å². The van der Waals surface area contributed by atoms with Crippen molar-refractivity contribution in [2.75, 3.05) is 12.3 Å². The third kappa shape index (κ3) is 3.55. The van der Waals surface area contributed by atoms with Crippen LogP contribution in [0.15, 0.2) is 76.5 Å². The Kier molecular flexibility index (Phi) is 4.63. The second-order valence-electron chi connectivity index (χ2n) is 6.27. The minimum absolute atomic E-state index is 0.147. The van der Waals surface area contributed by atoms with Crippen LogP contribution < -0.4 is 0 Å². The smallest absolute Gasteiger partial charge is 0.258 e. The lowest BCUT2D eigenvalue weighted by molar-refractivity contribution is -0.387. The summed E-state index contributed by atoms with van der Waals surface area (Å²) >= 11 is 1.59. The molecule has 2 atom stereocenters. The zero-order valence-corrected chi connectivity index (χ0v) is 15.8. The van der Waals surface area contributed by atoms with Crippen molar-refractivity contribution in [1.29, 1.82) is 0 Å². The van der Waals surface area contributed by atoms with E-state index < -0.39 is 14.9 Å². The van der Waals surface area contributed by atoms with E-state index >= 15 is 0 Å². The molecule has 1 saturated heterocycles. The molecule has 8 heteroatoms. The lowest BCUT2D eigenvalue weighted by Gasteiger charge is -2.07. The molecule has 27 heavy (non-hydrogen) atoms. The number of fused-ring (bicyclic) bond motifs is 1. The first kappa shape index (κ1) is 18.0. The second-order valence-corrected chi connectivity index (χ2v) is 9.23. The summed E-state index contributed by atoms with van der Waals surface area (Å²) in [6, 6.07) is 19.6. The number of benzene rings is 3. The van der Waals surface area contributed by atoms with Crippen LogP contribution in [0, 0.1) is 10.1 Å². The Hall–Kier alpha value is -2.42. The van der Waals surface area contributed by atoms with Crippen molar-refractivity contribution in [3.05, 3.63) is 76.8 Å². The first-order chi connectivity index (χ1) is 13.0. The third-order valence-electron chi connectivity index (χ3n) is 4.48. The van der Waals surface area contributed by atoms with Crippen LogP contribution >= 0.6 is 11.8 Å². The number of nitro benzene ring substituents is 1. The molecule has 1 fully saturated rings. The molecule has 1 heterocycles. The predicted octanol–water partition coefficient (Wildman–Crippen LogP) is 3.91. The van der Waals surface area contributed by atoms with Crippen molar-refractivity contribution in [3.63, 3.8) is 0 Å². The Morgan fingerprint density at radius 3 is 2.52 bits per heavy atom. The number of rotatable bonds is 6. The molecule has 0 spiro atoms. The van der Waals surface area contributed by atoms with Crippen molar-refractivity contribution >= 4 is 38.2 Å². The van der Waals surface area contributed by atoms with Gasteiger partial charge in [0.25, 0.3) is 5.69 Å². The van der Waals surface area contributed by atoms with E-state index in [-0.39, 0.29) is 16.6 Å². The number of nitrogens with zero attached hydrogens (tertiary/aromatic N) is 2. The molecule has 3 aromatic rings. The maximum atomic E-state index is 12.7. The predicted molar refractivity (Wildman–Crippen MR) is 105 cm³/mol. The molecule has 0 aromatic heterocycles. The fraction of sp³-hybridized carbons (Fsp3) is 0.158. The van der Waals surface area contributed by atoms with Crippen molar-refractivity contribution in [3.8, 4) is 0 Å². The van der Waals surface area contributed by atoms with E-state index in [0.717, 1.165) is 15.7 Å². The Morgan fingerprint density at radius 1 is 1.04 bits per heavy atom. The summed E-state index contributed by atoms with van der Waals surface area (Å²) in [5, 5.41) is 13.4. The average molecular weight is 400 g/mol. The summed E-state index contributed by atoms with van der Waals surface area (Å²) in [6.45, 7) is 0.384. The number of sulfonamides is 1. The van der Waals surface area contributed by atoms with Crippen LogP contribution in [0.2, 0.25) is 0 Å². The maximum Gasteiger partial charge on any atom is 0.289 e. The van der Waals surface area contributed by atoms with Gasteiger partial charge in [-0.05, 0) is 29.0 Å². The summed E-state index contributed by atoms with van der Waals surface area (Å²) in [5.74, 6) is 0.609. The van der Waals surface area contributed by atoms with Crippen LogP contribution in [0.1, 0.15) is 0 Å². The Balaban J connectivity index is 1.47. The van der Waals surface area contributed by atoms with Crippen LogP contribution in [-0.2, 0) is 10.0 Å². The lowest BCUT2D eigenvalue weighted by atomic mass is 10.1. The lowest BCUT2D eigenvalue weighted by Crippen LogP contribution is -2.17. The Labute approximate surface area is 161 Å². The van der Waals surface area contributed by atoms with Gasteiger partial charge in [0.05, 0.1) is 4.92 Å². The monoisotopic (exact) mass is 400 g/mol. The molecular formula is C19H16N2O4S2. The molecule has 0 saturated carbocycles. The minimum atomic E-state index is -3.85. The highest BCUT2D eigenvalue weighted by atomic mass is 32.2. The van der Waals surface area contributed by atoms with Gasteiger partial charge >= 0.3 is 0 Å². The molecule has 6 nitrogen and oxygen atoms in total. The van der Waals surface area contributed by atoms with Gasteiger partial charge in [0, 0.05) is 29.3 Å². The van der Waals surface area contributed by atoms with Gasteiger partial charge in [-0.15, -0.1) is 11.8 Å². The Bertz CT molecular complexity index is 1130. The van der Waals surface area contributed by atoms with Gasteiger partial charge in [0.1, 0.15) is 0 Å². The molecule has 0 N–H and O–H groups in total. The van der Waals surface area contributed by atoms with E-state index in [0.29, 0.717) is 12.3 Å². The van der Waals surface area contributed by atoms with Gasteiger partial charge in [-0.3, -0.25) is 10.1 Å². The minimum Gasteiger partial charge on any atom is -0.258 e. The molecule has 0 radical (unpaired) electrons. The fourth-order valence-electron chi connectivity index (χ4n) is 2.99. The van der Waals surface area contributed by atoms with Crippen LogP contribution in [-0.4, -0.2) is 36.0 Å². The Morgan fingerprint density at radius 2 is 1.74 bits per heavy atom. The van der Waals surface area contributed by atoms with Gasteiger partial charge in [-0.1, -0.05) is 42.5 Å². The number of para-hydroxylation sites is 1. The first-order valence-corrected chi connectivity index (χ1v) is 10.8. The topological polar surface area (TPSA) is 80.3 Å². The van der Waals surface area contributed by atoms with E-state index in [1.165, 1.54) is 28.6 Å². The molecular weight excluding hydrogens is 384 g/mol. The molecule has 138 valence electrons. The van der Waals surface area contributed by atoms with Crippen molar-refractivity contribution in [1.82, 2.24) is 4.31 Å². The van der Waals surface area contributed by atoms with Gasteiger partial charge in [-0.2, -0.15) is 4.31 Å². The summed E-state index contributed by atoms with van der Waals surface area (Å²) in [5.41, 5.74) is -0.384. The van der Waals surface area contributed by atoms with Crippen LogP contribution in [0.25, 0.3) is 10.8 Å². The molecule has 0 bridgehead atoms. The maximum absolute atomic E-state index is 12.7. The molecule has 0 amide bonds. The third-order valence-corrected chi connectivity index (χ3v) is 7.58. The van der Waals surface area contributed by atoms with Crippen molar-refractivity contribution < 1.29 is 13.3 Å². The first-order valence-electron chi connectivity index (χ1n) is 8.34. The van der Waals surface area contributed by atoms with Gasteiger partial charge in [0.2, 0.25) is 10.0 Å². The standard InChI is InChI=1S/C19H16N2O4S2/c22-21(23)18-7-3-4-8-19(18)27(24,25)20-12-16(20)13-26-17-10-9-14-5-1-2-6-15(14)11-17/h1-11,16H,12-13H2/t16-,20?/m1/s1. The molecule has 4 rings (SSSR count). The number of nitro groups is 1. The number of thioether (sulfide) groups is 1. The highest BCUT2D eigenvalue weighted by Crippen LogP contribution is 2.36. The SMILES string of the molecule is O=[N+]([O-])c1ccccc1S(=O)(=O)N1C[C@@H]1CSc1ccc2ccccc2c1. The van der Waals surface area contributed by atoms with Crippen LogP contribution in [0.3, 0.4) is 0 Å². The largest absolute Gasteiger partial charge is 0.289 e. The van der Waals surface area contributed by atoms with Crippen molar-refractivity contribution in [2.45, 2.75) is 15.8 Å². The molecule has 0 aliphatic carbocycles. The summed E-state index contributed by atoms with van der Waals surface area (Å²) in [4.78, 5) is 11.3. The molecule has 1 aliphatic heterocycles. The van der Waals surface area contributed by atoms with E-state index in [1.807, 2.05) is 36.4 Å². The number of hydrogen-bond donors (Lipinski definition) is 0. The quantitative estimate of drug-likeness (QED) is 0.271.